The minimum absolute atomic E-state index is 0.250. The Morgan fingerprint density at radius 3 is 0.803 bits per heavy atom. The lowest BCUT2D eigenvalue weighted by Crippen LogP contribution is -2.25. The minimum atomic E-state index is -0.300. The molecule has 132 heavy (non-hydrogen) atoms. The largest absolute Gasteiger partial charge is 0.463 e. The lowest BCUT2D eigenvalue weighted by atomic mass is 10.0. The zero-order valence-corrected chi connectivity index (χ0v) is 83.7. The van der Waals surface area contributed by atoms with Gasteiger partial charge in [0.25, 0.3) is 0 Å². The average Bonchev–Trinajstić information content (AvgIpc) is 0.972. The van der Waals surface area contributed by atoms with E-state index < -0.39 is 0 Å². The van der Waals surface area contributed by atoms with Crippen LogP contribution in [0.25, 0.3) is 30.4 Å². The highest BCUT2D eigenvalue weighted by Crippen LogP contribution is 2.14. The van der Waals surface area contributed by atoms with Gasteiger partial charge in [-0.1, -0.05) is 364 Å². The van der Waals surface area contributed by atoms with Crippen LogP contribution in [0.1, 0.15) is 275 Å². The number of esters is 5. The van der Waals surface area contributed by atoms with Crippen LogP contribution in [0, 0.1) is 5.92 Å². The molecular formula is C117H178N2O13. The van der Waals surface area contributed by atoms with Crippen molar-refractivity contribution in [2.75, 3.05) is 106 Å². The predicted molar refractivity (Wildman–Crippen MR) is 566 cm³/mol. The van der Waals surface area contributed by atoms with Crippen molar-refractivity contribution in [1.29, 1.82) is 0 Å². The fraction of sp³-hybridized carbons (Fsp3) is 0.479. The Hall–Kier alpha value is -10.1. The molecule has 0 saturated carbocycles. The Balaban J connectivity index is -0.000000703. The third kappa shape index (κ3) is 95.9. The monoisotopic (exact) mass is 1820 g/mol. The molecule has 0 aliphatic rings. The number of carbonyl (C=O) groups is 5. The van der Waals surface area contributed by atoms with Crippen LogP contribution in [-0.2, 0) is 61.9 Å². The SMILES string of the molecule is C=CC(C=C)CCCC.C=CCC(CC=C)OCCCCCCCC.C=CCN(CC=C)CCCCC.C=CCN(CC=C)CCCCOC.CCCCCCCCCOC(=O)/C=C/c1ccccc1.CCCCCOC(=O)/C=C/c1ccccc1.CCCCOC(=O)/C=C/c1ccccc1.CCCOC(=O)/C=C/c1ccccc1.COCCCCOC(=O)/C=C/c1ccccc1. The lowest BCUT2D eigenvalue weighted by molar-refractivity contribution is -0.138. The van der Waals surface area contributed by atoms with E-state index in [2.05, 4.69) is 104 Å². The van der Waals surface area contributed by atoms with E-state index in [0.29, 0.717) is 51.7 Å². The minimum Gasteiger partial charge on any atom is -0.463 e. The smallest absolute Gasteiger partial charge is 0.330 e. The number of ether oxygens (including phenoxy) is 8. The summed E-state index contributed by atoms with van der Waals surface area (Å²) in [5.74, 6) is -0.834. The van der Waals surface area contributed by atoms with Crippen molar-refractivity contribution in [1.82, 2.24) is 9.80 Å². The van der Waals surface area contributed by atoms with Crippen LogP contribution in [0.2, 0.25) is 0 Å². The maximum atomic E-state index is 11.5. The molecule has 0 aromatic heterocycles. The number of benzene rings is 5. The van der Waals surface area contributed by atoms with Gasteiger partial charge in [-0.15, -0.1) is 52.6 Å². The number of methoxy groups -OCH3 is 2. The summed E-state index contributed by atoms with van der Waals surface area (Å²) in [6, 6.07) is 48.5. The van der Waals surface area contributed by atoms with Crippen LogP contribution in [0.5, 0.6) is 0 Å². The van der Waals surface area contributed by atoms with E-state index in [1.165, 1.54) is 152 Å². The molecule has 0 heterocycles. The van der Waals surface area contributed by atoms with E-state index >= 15 is 0 Å². The summed E-state index contributed by atoms with van der Waals surface area (Å²) in [5, 5.41) is 0. The van der Waals surface area contributed by atoms with Gasteiger partial charge in [0, 0.05) is 90.6 Å². The Morgan fingerprint density at radius 1 is 0.273 bits per heavy atom. The van der Waals surface area contributed by atoms with E-state index in [1.54, 1.807) is 44.6 Å². The zero-order chi connectivity index (χ0) is 98.0. The van der Waals surface area contributed by atoms with Crippen molar-refractivity contribution in [3.05, 3.63) is 311 Å². The highest BCUT2D eigenvalue weighted by molar-refractivity contribution is 5.89. The highest BCUT2D eigenvalue weighted by Gasteiger charge is 2.07. The van der Waals surface area contributed by atoms with Gasteiger partial charge in [-0.05, 0) is 161 Å². The summed E-state index contributed by atoms with van der Waals surface area (Å²) in [6.45, 7) is 56.0. The van der Waals surface area contributed by atoms with E-state index in [-0.39, 0.29) is 29.8 Å². The van der Waals surface area contributed by atoms with E-state index in [1.807, 2.05) is 207 Å². The van der Waals surface area contributed by atoms with Crippen LogP contribution < -0.4 is 0 Å². The first-order valence-electron chi connectivity index (χ1n) is 49.0. The first-order valence-corrected chi connectivity index (χ1v) is 49.0. The molecule has 0 bridgehead atoms. The van der Waals surface area contributed by atoms with E-state index in [9.17, 15) is 24.0 Å². The molecule has 0 aliphatic carbocycles. The molecule has 0 aliphatic heterocycles. The molecule has 5 rings (SSSR count). The molecule has 0 amide bonds. The molecule has 0 fully saturated rings. The van der Waals surface area contributed by atoms with Gasteiger partial charge in [0.2, 0.25) is 0 Å². The third-order valence-corrected chi connectivity index (χ3v) is 19.1. The van der Waals surface area contributed by atoms with Gasteiger partial charge in [0.1, 0.15) is 0 Å². The van der Waals surface area contributed by atoms with E-state index in [4.69, 9.17) is 37.9 Å². The molecule has 734 valence electrons. The Morgan fingerprint density at radius 2 is 0.515 bits per heavy atom. The van der Waals surface area contributed by atoms with E-state index in [0.717, 1.165) is 157 Å². The summed E-state index contributed by atoms with van der Waals surface area (Å²) in [4.78, 5) is 61.0. The first-order chi connectivity index (χ1) is 64.5. The second-order valence-corrected chi connectivity index (χ2v) is 31.1. The molecular weight excluding hydrogens is 1640 g/mol. The second kappa shape index (κ2) is 106. The standard InChI is InChI=1S/C18H26O2.C15H28O.C14H18O3.C14H18O2.C13H16O2.C12H14O2.C11H21NO.C11H21N.C9H16/c1-2-3-4-5-6-7-11-16-20-18(19)15-14-17-12-9-8-10-13-17;1-4-7-8-9-10-11-14-16-15(12-5-2)13-6-3;1-16-11-5-6-12-17-14(15)10-9-13-7-3-2-4-8-13;1-2-3-7-12-16-14(15)11-10-13-8-5-4-6-9-13;1-2-3-11-15-13(14)10-9-12-7-5-4-6-8-12;1-2-10-14-12(13)9-8-11-6-4-3-5-7-11;1-4-8-12(9-5-2)10-6-7-11-13-3;1-4-7-8-11-12(9-5-2)10-6-3;1-4-7-8-9(5-2)6-3/h8-10,12-15H,2-7,11,16H2,1H3;5-6,15H,2-4,7-14H2,1H3;2-4,7-10H,5-6,11-12H2,1H3;4-6,8-11H,2-3,7,12H2,1H3;4-10H,2-3,11H2,1H3;3-9H,2,10H2,1H3;4-5H,1-2,6-11H2,3H3;5-6H,2-4,7-11H2,1H3;5-6,9H,2-4,7-8H2,1H3/b15-14+;;10-9+;11-10+;10-9+;9-8+;;;. The molecule has 0 unspecified atom stereocenters. The highest BCUT2D eigenvalue weighted by atomic mass is 16.5. The topological polar surface area (TPSA) is 166 Å². The summed E-state index contributed by atoms with van der Waals surface area (Å²) in [5.41, 5.74) is 5.02. The van der Waals surface area contributed by atoms with Crippen LogP contribution in [0.4, 0.5) is 0 Å². The predicted octanol–water partition coefficient (Wildman–Crippen LogP) is 29.8. The maximum Gasteiger partial charge on any atom is 0.330 e. The molecule has 5 aromatic carbocycles. The Bertz CT molecular complexity index is 3590. The number of carbonyl (C=O) groups excluding carboxylic acids is 5. The van der Waals surface area contributed by atoms with Crippen LogP contribution in [0.3, 0.4) is 0 Å². The molecule has 0 radical (unpaired) electrons. The number of hydrogen-bond donors (Lipinski definition) is 0. The number of unbranched alkanes of at least 4 members (excludes halogenated alkanes) is 19. The van der Waals surface area contributed by atoms with Gasteiger partial charge in [-0.2, -0.15) is 0 Å². The van der Waals surface area contributed by atoms with Gasteiger partial charge in [0.15, 0.2) is 0 Å². The van der Waals surface area contributed by atoms with Crippen molar-refractivity contribution in [3.8, 4) is 0 Å². The van der Waals surface area contributed by atoms with Gasteiger partial charge < -0.3 is 37.9 Å². The van der Waals surface area contributed by atoms with Crippen molar-refractivity contribution in [3.63, 3.8) is 0 Å². The van der Waals surface area contributed by atoms with Crippen molar-refractivity contribution in [2.24, 2.45) is 5.92 Å². The summed E-state index contributed by atoms with van der Waals surface area (Å²) in [6.07, 6.45) is 68.1. The lowest BCUT2D eigenvalue weighted by Gasteiger charge is -2.18. The molecule has 0 saturated heterocycles. The number of rotatable bonds is 66. The van der Waals surface area contributed by atoms with Gasteiger partial charge >= 0.3 is 29.8 Å². The quantitative estimate of drug-likeness (QED) is 0.0119. The van der Waals surface area contributed by atoms with Crippen LogP contribution >= 0.6 is 0 Å². The summed E-state index contributed by atoms with van der Waals surface area (Å²) >= 11 is 0. The third-order valence-electron chi connectivity index (χ3n) is 19.1. The van der Waals surface area contributed by atoms with Crippen molar-refractivity contribution in [2.45, 2.75) is 254 Å². The number of nitrogens with zero attached hydrogens (tertiary/aromatic N) is 2. The number of allylic oxidation sites excluding steroid dienone is 2. The van der Waals surface area contributed by atoms with Gasteiger partial charge in [-0.3, -0.25) is 9.80 Å². The molecule has 0 N–H and O–H groups in total. The zero-order valence-electron chi connectivity index (χ0n) is 83.7. The molecule has 15 nitrogen and oxygen atoms in total. The summed E-state index contributed by atoms with van der Waals surface area (Å²) < 4.78 is 40.8. The van der Waals surface area contributed by atoms with Gasteiger partial charge in [-0.25, -0.2) is 24.0 Å². The maximum absolute atomic E-state index is 11.5. The fourth-order valence-corrected chi connectivity index (χ4v) is 11.6. The first kappa shape index (κ1) is 128. The van der Waals surface area contributed by atoms with Crippen LogP contribution in [-0.4, -0.2) is 152 Å². The van der Waals surface area contributed by atoms with Crippen LogP contribution in [0.15, 0.2) is 283 Å². The van der Waals surface area contributed by atoms with Crippen molar-refractivity contribution >= 4 is 60.2 Å². The average molecular weight is 1820 g/mol. The second-order valence-electron chi connectivity index (χ2n) is 31.1. The number of hydrogen-bond acceptors (Lipinski definition) is 15. The fourth-order valence-electron chi connectivity index (χ4n) is 11.6. The molecule has 15 heteroatoms. The molecule has 0 atom stereocenters. The Kier molecular flexibility index (Phi) is 103. The molecule has 0 spiro atoms. The molecule has 5 aromatic rings. The normalized spacial score (nSPS) is 10.5. The van der Waals surface area contributed by atoms with Crippen molar-refractivity contribution < 1.29 is 61.9 Å². The van der Waals surface area contributed by atoms with Gasteiger partial charge in [0.05, 0.1) is 39.1 Å². The Labute approximate surface area is 804 Å². The summed E-state index contributed by atoms with van der Waals surface area (Å²) in [7, 11) is 3.40.